The first-order valence-corrected chi connectivity index (χ1v) is 5.00. The first-order valence-electron chi connectivity index (χ1n) is 5.00. The van der Waals surface area contributed by atoms with Crippen LogP contribution in [0, 0.1) is 11.8 Å². The van der Waals surface area contributed by atoms with Crippen LogP contribution >= 0.6 is 0 Å². The molecule has 0 aliphatic heterocycles. The summed E-state index contributed by atoms with van der Waals surface area (Å²) in [5, 5.41) is 18.7. The molecule has 0 spiro atoms. The lowest BCUT2D eigenvalue weighted by molar-refractivity contribution is 0.0416. The van der Waals surface area contributed by atoms with Gasteiger partial charge in [0, 0.05) is 6.61 Å². The Morgan fingerprint density at radius 1 is 1.00 bits per heavy atom. The van der Waals surface area contributed by atoms with Gasteiger partial charge in [-0.2, -0.15) is 0 Å². The van der Waals surface area contributed by atoms with Crippen LogP contribution in [0.2, 0.25) is 0 Å². The molecule has 2 N–H and O–H groups in total. The van der Waals surface area contributed by atoms with Crippen LogP contribution in [0.3, 0.4) is 0 Å². The third-order valence-electron chi connectivity index (χ3n) is 2.75. The number of aliphatic hydroxyl groups is 2. The molecule has 0 bridgehead atoms. The fourth-order valence-electron chi connectivity index (χ4n) is 1.79. The van der Waals surface area contributed by atoms with Gasteiger partial charge in [0.05, 0.1) is 6.10 Å². The maximum atomic E-state index is 9.64. The quantitative estimate of drug-likeness (QED) is 0.644. The normalized spacial score (nSPS) is 18.8. The van der Waals surface area contributed by atoms with Crippen LogP contribution in [-0.2, 0) is 0 Å². The zero-order valence-electron chi connectivity index (χ0n) is 8.45. The molecular weight excluding hydrogens is 152 g/mol. The van der Waals surface area contributed by atoms with Gasteiger partial charge in [-0.3, -0.25) is 0 Å². The van der Waals surface area contributed by atoms with Gasteiger partial charge in [0.25, 0.3) is 0 Å². The fraction of sp³-hybridized carbons (Fsp3) is 1.00. The SMILES string of the molecule is CCC(O)C(CC)C(CC)CO. The molecule has 0 aromatic heterocycles. The number of rotatable bonds is 6. The van der Waals surface area contributed by atoms with Crippen molar-refractivity contribution in [1.82, 2.24) is 0 Å². The van der Waals surface area contributed by atoms with Crippen molar-refractivity contribution in [2.75, 3.05) is 6.61 Å². The molecule has 0 radical (unpaired) electrons. The topological polar surface area (TPSA) is 40.5 Å². The van der Waals surface area contributed by atoms with E-state index in [0.717, 1.165) is 19.3 Å². The Morgan fingerprint density at radius 2 is 1.58 bits per heavy atom. The smallest absolute Gasteiger partial charge is 0.0569 e. The van der Waals surface area contributed by atoms with E-state index in [1.165, 1.54) is 0 Å². The molecule has 0 aromatic rings. The van der Waals surface area contributed by atoms with Crippen LogP contribution in [0.25, 0.3) is 0 Å². The van der Waals surface area contributed by atoms with E-state index in [0.29, 0.717) is 0 Å². The van der Waals surface area contributed by atoms with Crippen LogP contribution in [0.5, 0.6) is 0 Å². The second-order valence-electron chi connectivity index (χ2n) is 3.40. The van der Waals surface area contributed by atoms with E-state index in [4.69, 9.17) is 5.11 Å². The standard InChI is InChI=1S/C10H22O2/c1-4-8(7-11)9(5-2)10(12)6-3/h8-12H,4-7H2,1-3H3. The predicted octanol–water partition coefficient (Wildman–Crippen LogP) is 1.80. The molecule has 0 saturated heterocycles. The number of hydrogen-bond donors (Lipinski definition) is 2. The summed E-state index contributed by atoms with van der Waals surface area (Å²) in [7, 11) is 0. The first-order chi connectivity index (χ1) is 5.71. The number of aliphatic hydroxyl groups excluding tert-OH is 2. The molecule has 0 aliphatic rings. The second-order valence-corrected chi connectivity index (χ2v) is 3.40. The van der Waals surface area contributed by atoms with E-state index in [9.17, 15) is 5.11 Å². The molecule has 3 atom stereocenters. The maximum Gasteiger partial charge on any atom is 0.0569 e. The minimum atomic E-state index is -0.243. The summed E-state index contributed by atoms with van der Waals surface area (Å²) in [5.41, 5.74) is 0. The van der Waals surface area contributed by atoms with E-state index < -0.39 is 0 Å². The lowest BCUT2D eigenvalue weighted by atomic mass is 9.83. The van der Waals surface area contributed by atoms with E-state index in [1.54, 1.807) is 0 Å². The summed E-state index contributed by atoms with van der Waals surface area (Å²) in [6, 6.07) is 0. The Labute approximate surface area is 75.6 Å². The summed E-state index contributed by atoms with van der Waals surface area (Å²) in [6.07, 6.45) is 2.45. The highest BCUT2D eigenvalue weighted by Crippen LogP contribution is 2.23. The molecule has 0 fully saturated rings. The van der Waals surface area contributed by atoms with Crippen molar-refractivity contribution in [3.8, 4) is 0 Å². The first kappa shape index (κ1) is 11.9. The van der Waals surface area contributed by atoms with Crippen molar-refractivity contribution < 1.29 is 10.2 Å². The van der Waals surface area contributed by atoms with Crippen LogP contribution in [0.15, 0.2) is 0 Å². The maximum absolute atomic E-state index is 9.64. The molecule has 74 valence electrons. The molecule has 12 heavy (non-hydrogen) atoms. The lowest BCUT2D eigenvalue weighted by Gasteiger charge is -2.27. The average molecular weight is 174 g/mol. The van der Waals surface area contributed by atoms with E-state index in [-0.39, 0.29) is 24.5 Å². The molecule has 0 aromatic carbocycles. The fourth-order valence-corrected chi connectivity index (χ4v) is 1.79. The largest absolute Gasteiger partial charge is 0.396 e. The molecular formula is C10H22O2. The Hall–Kier alpha value is -0.0800. The zero-order valence-corrected chi connectivity index (χ0v) is 8.45. The van der Waals surface area contributed by atoms with Gasteiger partial charge in [0.2, 0.25) is 0 Å². The van der Waals surface area contributed by atoms with Gasteiger partial charge in [-0.25, -0.2) is 0 Å². The monoisotopic (exact) mass is 174 g/mol. The minimum Gasteiger partial charge on any atom is -0.396 e. The van der Waals surface area contributed by atoms with Crippen molar-refractivity contribution in [3.63, 3.8) is 0 Å². The van der Waals surface area contributed by atoms with Gasteiger partial charge in [0.1, 0.15) is 0 Å². The average Bonchev–Trinajstić information content (AvgIpc) is 2.12. The van der Waals surface area contributed by atoms with Gasteiger partial charge in [-0.05, 0) is 18.3 Å². The highest BCUT2D eigenvalue weighted by Gasteiger charge is 2.23. The predicted molar refractivity (Wildman–Crippen MR) is 50.9 cm³/mol. The molecule has 2 nitrogen and oxygen atoms in total. The lowest BCUT2D eigenvalue weighted by Crippen LogP contribution is -2.28. The van der Waals surface area contributed by atoms with Gasteiger partial charge < -0.3 is 10.2 Å². The van der Waals surface area contributed by atoms with Gasteiger partial charge in [-0.15, -0.1) is 0 Å². The summed E-state index contributed by atoms with van der Waals surface area (Å²) < 4.78 is 0. The van der Waals surface area contributed by atoms with Crippen molar-refractivity contribution in [2.45, 2.75) is 46.1 Å². The Morgan fingerprint density at radius 3 is 1.83 bits per heavy atom. The summed E-state index contributed by atoms with van der Waals surface area (Å²) in [4.78, 5) is 0. The molecule has 0 heterocycles. The molecule has 0 amide bonds. The Kier molecular flexibility index (Phi) is 6.39. The van der Waals surface area contributed by atoms with Crippen molar-refractivity contribution >= 4 is 0 Å². The van der Waals surface area contributed by atoms with E-state index in [2.05, 4.69) is 13.8 Å². The van der Waals surface area contributed by atoms with Crippen LogP contribution in [-0.4, -0.2) is 22.9 Å². The summed E-state index contributed by atoms with van der Waals surface area (Å²) in [5.74, 6) is 0.537. The third kappa shape index (κ3) is 3.11. The van der Waals surface area contributed by atoms with Crippen LogP contribution in [0.1, 0.15) is 40.0 Å². The molecule has 0 rings (SSSR count). The Bertz CT molecular complexity index is 100. The summed E-state index contributed by atoms with van der Waals surface area (Å²) >= 11 is 0. The van der Waals surface area contributed by atoms with Crippen molar-refractivity contribution in [1.29, 1.82) is 0 Å². The Balaban J connectivity index is 4.09. The second kappa shape index (κ2) is 6.44. The summed E-state index contributed by atoms with van der Waals surface area (Å²) in [6.45, 7) is 6.32. The highest BCUT2D eigenvalue weighted by atomic mass is 16.3. The van der Waals surface area contributed by atoms with Crippen LogP contribution in [0.4, 0.5) is 0 Å². The third-order valence-corrected chi connectivity index (χ3v) is 2.75. The van der Waals surface area contributed by atoms with Crippen molar-refractivity contribution in [2.24, 2.45) is 11.8 Å². The zero-order chi connectivity index (χ0) is 9.56. The molecule has 2 heteroatoms. The molecule has 0 saturated carbocycles. The molecule has 3 unspecified atom stereocenters. The van der Waals surface area contributed by atoms with Gasteiger partial charge >= 0.3 is 0 Å². The van der Waals surface area contributed by atoms with E-state index in [1.807, 2.05) is 6.92 Å². The highest BCUT2D eigenvalue weighted by molar-refractivity contribution is 4.73. The van der Waals surface area contributed by atoms with Gasteiger partial charge in [-0.1, -0.05) is 33.6 Å². The van der Waals surface area contributed by atoms with Gasteiger partial charge in [0.15, 0.2) is 0 Å². The number of hydrogen-bond acceptors (Lipinski definition) is 2. The minimum absolute atomic E-state index is 0.200. The van der Waals surface area contributed by atoms with E-state index >= 15 is 0 Å². The van der Waals surface area contributed by atoms with Crippen molar-refractivity contribution in [3.05, 3.63) is 0 Å². The van der Waals surface area contributed by atoms with Crippen LogP contribution < -0.4 is 0 Å². The molecule has 0 aliphatic carbocycles.